The van der Waals surface area contributed by atoms with Gasteiger partial charge in [-0.2, -0.15) is 0 Å². The van der Waals surface area contributed by atoms with Crippen LogP contribution in [0.3, 0.4) is 0 Å². The van der Waals surface area contributed by atoms with E-state index in [2.05, 4.69) is 18.7 Å². The van der Waals surface area contributed by atoms with Gasteiger partial charge in [-0.1, -0.05) is 13.8 Å². The number of anilines is 1. The second-order valence-corrected chi connectivity index (χ2v) is 5.60. The van der Waals surface area contributed by atoms with Crippen LogP contribution in [0.25, 0.3) is 0 Å². The standard InChI is InChI=1S/C11H16N2OS/c1-7(2)10-12-9-3-4-13(11(9)15-10)8-5-14-6-8/h7-8H,3-6H2,1-2H3. The Kier molecular flexibility index (Phi) is 2.21. The number of rotatable bonds is 2. The Morgan fingerprint density at radius 3 is 2.87 bits per heavy atom. The fourth-order valence-electron chi connectivity index (χ4n) is 2.08. The third-order valence-electron chi connectivity index (χ3n) is 3.10. The quantitative estimate of drug-likeness (QED) is 0.768. The average Bonchev–Trinajstić information content (AvgIpc) is 2.63. The summed E-state index contributed by atoms with van der Waals surface area (Å²) < 4.78 is 5.26. The van der Waals surface area contributed by atoms with Gasteiger partial charge in [0.1, 0.15) is 5.00 Å². The molecule has 0 atom stereocenters. The lowest BCUT2D eigenvalue weighted by atomic mass is 10.2. The molecule has 1 fully saturated rings. The van der Waals surface area contributed by atoms with Crippen LogP contribution < -0.4 is 4.90 Å². The fraction of sp³-hybridized carbons (Fsp3) is 0.727. The van der Waals surface area contributed by atoms with Gasteiger partial charge in [-0.05, 0) is 0 Å². The fourth-order valence-corrected chi connectivity index (χ4v) is 3.29. The highest BCUT2D eigenvalue weighted by Gasteiger charge is 2.33. The zero-order valence-corrected chi connectivity index (χ0v) is 10.0. The maximum atomic E-state index is 5.26. The van der Waals surface area contributed by atoms with Crippen molar-refractivity contribution in [1.82, 2.24) is 4.98 Å². The predicted molar refractivity (Wildman–Crippen MR) is 61.9 cm³/mol. The second-order valence-electron chi connectivity index (χ2n) is 4.59. The van der Waals surface area contributed by atoms with E-state index < -0.39 is 0 Å². The molecule has 3 nitrogen and oxygen atoms in total. The number of fused-ring (bicyclic) bond motifs is 1. The molecule has 82 valence electrons. The number of ether oxygens (including phenoxy) is 1. The van der Waals surface area contributed by atoms with E-state index >= 15 is 0 Å². The van der Waals surface area contributed by atoms with Gasteiger partial charge in [0.15, 0.2) is 0 Å². The van der Waals surface area contributed by atoms with Crippen LogP contribution in [0.4, 0.5) is 5.00 Å². The van der Waals surface area contributed by atoms with E-state index in [-0.39, 0.29) is 0 Å². The van der Waals surface area contributed by atoms with Crippen molar-refractivity contribution in [3.05, 3.63) is 10.7 Å². The summed E-state index contributed by atoms with van der Waals surface area (Å²) in [7, 11) is 0. The molecule has 0 unspecified atom stereocenters. The molecule has 0 radical (unpaired) electrons. The van der Waals surface area contributed by atoms with Gasteiger partial charge in [-0.3, -0.25) is 0 Å². The molecule has 0 spiro atoms. The van der Waals surface area contributed by atoms with Crippen LogP contribution in [0.1, 0.15) is 30.5 Å². The first-order valence-corrected chi connectivity index (χ1v) is 6.41. The third kappa shape index (κ3) is 1.47. The van der Waals surface area contributed by atoms with Crippen LogP contribution in [0, 0.1) is 0 Å². The summed E-state index contributed by atoms with van der Waals surface area (Å²) in [5.74, 6) is 0.556. The Hall–Kier alpha value is -0.610. The summed E-state index contributed by atoms with van der Waals surface area (Å²) in [6, 6.07) is 0.617. The highest BCUT2D eigenvalue weighted by atomic mass is 32.1. The molecule has 0 aromatic carbocycles. The Bertz CT molecular complexity index is 371. The summed E-state index contributed by atoms with van der Waals surface area (Å²) in [6.45, 7) is 7.36. The van der Waals surface area contributed by atoms with E-state index in [1.807, 2.05) is 11.3 Å². The molecule has 2 aliphatic heterocycles. The highest BCUT2D eigenvalue weighted by Crippen LogP contribution is 2.38. The molecule has 0 N–H and O–H groups in total. The van der Waals surface area contributed by atoms with Gasteiger partial charge >= 0.3 is 0 Å². The SMILES string of the molecule is CC(C)c1nc2c(s1)N(C1COC1)CC2. The zero-order chi connectivity index (χ0) is 10.4. The molecule has 1 aromatic rings. The van der Waals surface area contributed by atoms with Crippen LogP contribution in [0.5, 0.6) is 0 Å². The van der Waals surface area contributed by atoms with Crippen LogP contribution in [0.2, 0.25) is 0 Å². The molecule has 0 bridgehead atoms. The molecule has 2 aliphatic rings. The van der Waals surface area contributed by atoms with Crippen LogP contribution in [-0.4, -0.2) is 30.8 Å². The Labute approximate surface area is 94.1 Å². The Morgan fingerprint density at radius 2 is 2.27 bits per heavy atom. The molecule has 15 heavy (non-hydrogen) atoms. The molecule has 3 heterocycles. The lowest BCUT2D eigenvalue weighted by molar-refractivity contribution is 0.00907. The summed E-state index contributed by atoms with van der Waals surface area (Å²) >= 11 is 1.88. The topological polar surface area (TPSA) is 25.4 Å². The summed E-state index contributed by atoms with van der Waals surface area (Å²) in [6.07, 6.45) is 1.12. The first-order valence-electron chi connectivity index (χ1n) is 5.59. The summed E-state index contributed by atoms with van der Waals surface area (Å²) in [5.41, 5.74) is 1.32. The lowest BCUT2D eigenvalue weighted by Gasteiger charge is -2.35. The minimum absolute atomic E-state index is 0.556. The van der Waals surface area contributed by atoms with Crippen LogP contribution in [0.15, 0.2) is 0 Å². The molecule has 4 heteroatoms. The van der Waals surface area contributed by atoms with Gasteiger partial charge in [0.25, 0.3) is 0 Å². The third-order valence-corrected chi connectivity index (χ3v) is 4.53. The molecular weight excluding hydrogens is 208 g/mol. The Balaban J connectivity index is 1.88. The Morgan fingerprint density at radius 1 is 1.47 bits per heavy atom. The molecule has 0 aliphatic carbocycles. The zero-order valence-electron chi connectivity index (χ0n) is 9.19. The van der Waals surface area contributed by atoms with Crippen molar-refractivity contribution in [3.63, 3.8) is 0 Å². The predicted octanol–water partition coefficient (Wildman–Crippen LogP) is 2.03. The maximum absolute atomic E-state index is 5.26. The lowest BCUT2D eigenvalue weighted by Crippen LogP contribution is -2.48. The van der Waals surface area contributed by atoms with Crippen molar-refractivity contribution in [2.45, 2.75) is 32.2 Å². The minimum atomic E-state index is 0.556. The van der Waals surface area contributed by atoms with E-state index in [0.717, 1.165) is 26.2 Å². The normalized spacial score (nSPS) is 20.9. The molecule has 1 saturated heterocycles. The molecule has 1 aromatic heterocycles. The molecular formula is C11H16N2OS. The van der Waals surface area contributed by atoms with Crippen molar-refractivity contribution < 1.29 is 4.74 Å². The van der Waals surface area contributed by atoms with Crippen LogP contribution >= 0.6 is 11.3 Å². The van der Waals surface area contributed by atoms with E-state index in [0.29, 0.717) is 12.0 Å². The summed E-state index contributed by atoms with van der Waals surface area (Å²) in [5, 5.41) is 2.69. The average molecular weight is 224 g/mol. The first kappa shape index (κ1) is 9.60. The van der Waals surface area contributed by atoms with Gasteiger partial charge in [0, 0.05) is 18.9 Å². The van der Waals surface area contributed by atoms with Gasteiger partial charge in [-0.15, -0.1) is 11.3 Å². The number of hydrogen-bond donors (Lipinski definition) is 0. The van der Waals surface area contributed by atoms with E-state index in [4.69, 9.17) is 9.72 Å². The molecule has 3 rings (SSSR count). The minimum Gasteiger partial charge on any atom is -0.377 e. The van der Waals surface area contributed by atoms with Crippen molar-refractivity contribution in [3.8, 4) is 0 Å². The number of nitrogens with zero attached hydrogens (tertiary/aromatic N) is 2. The van der Waals surface area contributed by atoms with Gasteiger partial charge in [-0.25, -0.2) is 4.98 Å². The molecule has 0 amide bonds. The van der Waals surface area contributed by atoms with Crippen molar-refractivity contribution in [1.29, 1.82) is 0 Å². The number of hydrogen-bond acceptors (Lipinski definition) is 4. The van der Waals surface area contributed by atoms with Gasteiger partial charge < -0.3 is 9.64 Å². The largest absolute Gasteiger partial charge is 0.377 e. The second kappa shape index (κ2) is 3.46. The van der Waals surface area contributed by atoms with Gasteiger partial charge in [0.2, 0.25) is 0 Å². The highest BCUT2D eigenvalue weighted by molar-refractivity contribution is 7.16. The van der Waals surface area contributed by atoms with Crippen molar-refractivity contribution >= 4 is 16.3 Å². The van der Waals surface area contributed by atoms with Crippen molar-refractivity contribution in [2.75, 3.05) is 24.7 Å². The van der Waals surface area contributed by atoms with E-state index in [1.54, 1.807) is 0 Å². The molecule has 0 saturated carbocycles. The van der Waals surface area contributed by atoms with E-state index in [1.165, 1.54) is 15.7 Å². The first-order chi connectivity index (χ1) is 7.25. The number of thiazole rings is 1. The van der Waals surface area contributed by atoms with E-state index in [9.17, 15) is 0 Å². The monoisotopic (exact) mass is 224 g/mol. The maximum Gasteiger partial charge on any atom is 0.115 e. The number of aromatic nitrogens is 1. The van der Waals surface area contributed by atoms with Gasteiger partial charge in [0.05, 0.1) is 30.0 Å². The smallest absolute Gasteiger partial charge is 0.115 e. The van der Waals surface area contributed by atoms with Crippen molar-refractivity contribution in [2.24, 2.45) is 0 Å². The van der Waals surface area contributed by atoms with Crippen LogP contribution in [-0.2, 0) is 11.2 Å². The summed E-state index contributed by atoms with van der Waals surface area (Å²) in [4.78, 5) is 7.21.